The van der Waals surface area contributed by atoms with E-state index in [4.69, 9.17) is 5.11 Å². The summed E-state index contributed by atoms with van der Waals surface area (Å²) in [5, 5.41) is 14.9. The van der Waals surface area contributed by atoms with Crippen LogP contribution in [0.25, 0.3) is 0 Å². The van der Waals surface area contributed by atoms with Crippen molar-refractivity contribution in [3.05, 3.63) is 0 Å². The van der Waals surface area contributed by atoms with E-state index in [0.29, 0.717) is 0 Å². The van der Waals surface area contributed by atoms with Gasteiger partial charge in [0.1, 0.15) is 0 Å². The first-order chi connectivity index (χ1) is 6.58. The van der Waals surface area contributed by atoms with Gasteiger partial charge in [-0.05, 0) is 39.7 Å². The zero-order valence-corrected chi connectivity index (χ0v) is 8.97. The molecule has 2 atom stereocenters. The lowest BCUT2D eigenvalue weighted by Crippen LogP contribution is -2.58. The van der Waals surface area contributed by atoms with Crippen LogP contribution in [0.1, 0.15) is 33.1 Å². The first-order valence-electron chi connectivity index (χ1n) is 5.25. The zero-order chi connectivity index (χ0) is 10.6. The summed E-state index contributed by atoms with van der Waals surface area (Å²) in [6.45, 7) is 4.61. The Bertz CT molecular complexity index is 200. The van der Waals surface area contributed by atoms with Crippen LogP contribution in [0, 0.1) is 0 Å². The minimum atomic E-state index is -0.443. The first kappa shape index (κ1) is 11.5. The smallest absolute Gasteiger partial charge is 0.240 e. The normalized spacial score (nSPS) is 29.6. The highest BCUT2D eigenvalue weighted by Crippen LogP contribution is 2.18. The van der Waals surface area contributed by atoms with E-state index in [1.165, 1.54) is 0 Å². The standard InChI is InChI=1S/C10H20N2O2/c1-8(7-13)12-9(14)10(2)5-3-4-6-11-10/h8,11,13H,3-7H2,1-2H3,(H,12,14)/t8-,10?/m1/s1. The fourth-order valence-corrected chi connectivity index (χ4v) is 1.68. The summed E-state index contributed by atoms with van der Waals surface area (Å²) in [6, 6.07) is -0.164. The summed E-state index contributed by atoms with van der Waals surface area (Å²) < 4.78 is 0. The van der Waals surface area contributed by atoms with Crippen LogP contribution in [-0.2, 0) is 4.79 Å². The number of carbonyl (C=O) groups excluding carboxylic acids is 1. The van der Waals surface area contributed by atoms with E-state index in [-0.39, 0.29) is 18.6 Å². The van der Waals surface area contributed by atoms with Gasteiger partial charge in [-0.3, -0.25) is 4.79 Å². The van der Waals surface area contributed by atoms with Gasteiger partial charge in [-0.2, -0.15) is 0 Å². The third-order valence-corrected chi connectivity index (χ3v) is 2.77. The van der Waals surface area contributed by atoms with E-state index in [9.17, 15) is 4.79 Å². The highest BCUT2D eigenvalue weighted by molar-refractivity contribution is 5.86. The van der Waals surface area contributed by atoms with Crippen molar-refractivity contribution in [1.82, 2.24) is 10.6 Å². The Morgan fingerprint density at radius 1 is 1.64 bits per heavy atom. The third kappa shape index (κ3) is 2.69. The van der Waals surface area contributed by atoms with E-state index in [2.05, 4.69) is 10.6 Å². The molecular formula is C10H20N2O2. The Kier molecular flexibility index (Phi) is 3.89. The predicted molar refractivity (Wildman–Crippen MR) is 54.9 cm³/mol. The van der Waals surface area contributed by atoms with Gasteiger partial charge in [-0.15, -0.1) is 0 Å². The van der Waals surface area contributed by atoms with Gasteiger partial charge in [0.25, 0.3) is 0 Å². The van der Waals surface area contributed by atoms with Crippen molar-refractivity contribution < 1.29 is 9.90 Å². The highest BCUT2D eigenvalue weighted by Gasteiger charge is 2.34. The van der Waals surface area contributed by atoms with Crippen molar-refractivity contribution >= 4 is 5.91 Å². The Balaban J connectivity index is 2.49. The molecular weight excluding hydrogens is 180 g/mol. The van der Waals surface area contributed by atoms with Crippen LogP contribution in [0.5, 0.6) is 0 Å². The molecule has 1 rings (SSSR count). The molecule has 82 valence electrons. The fraction of sp³-hybridized carbons (Fsp3) is 0.900. The molecule has 1 saturated heterocycles. The molecule has 1 heterocycles. The van der Waals surface area contributed by atoms with Crippen LogP contribution in [-0.4, -0.2) is 35.7 Å². The van der Waals surface area contributed by atoms with Gasteiger partial charge >= 0.3 is 0 Å². The van der Waals surface area contributed by atoms with Gasteiger partial charge in [0.2, 0.25) is 5.91 Å². The lowest BCUT2D eigenvalue weighted by Gasteiger charge is -2.34. The average Bonchev–Trinajstić information content (AvgIpc) is 2.18. The number of aliphatic hydroxyl groups excluding tert-OH is 1. The maximum absolute atomic E-state index is 11.8. The molecule has 4 heteroatoms. The molecule has 3 N–H and O–H groups in total. The number of hydrogen-bond donors (Lipinski definition) is 3. The van der Waals surface area contributed by atoms with Crippen LogP contribution in [0.15, 0.2) is 0 Å². The molecule has 0 aliphatic carbocycles. The fourth-order valence-electron chi connectivity index (χ4n) is 1.68. The molecule has 4 nitrogen and oxygen atoms in total. The number of carbonyl (C=O) groups is 1. The average molecular weight is 200 g/mol. The number of nitrogens with one attached hydrogen (secondary N) is 2. The van der Waals surface area contributed by atoms with Gasteiger partial charge in [-0.25, -0.2) is 0 Å². The van der Waals surface area contributed by atoms with Crippen molar-refractivity contribution in [3.63, 3.8) is 0 Å². The maximum Gasteiger partial charge on any atom is 0.240 e. The number of hydrogen-bond acceptors (Lipinski definition) is 3. The van der Waals surface area contributed by atoms with Gasteiger partial charge in [0, 0.05) is 6.04 Å². The van der Waals surface area contributed by atoms with Crippen LogP contribution >= 0.6 is 0 Å². The second-order valence-corrected chi connectivity index (χ2v) is 4.27. The molecule has 1 amide bonds. The van der Waals surface area contributed by atoms with Crippen molar-refractivity contribution in [1.29, 1.82) is 0 Å². The SMILES string of the molecule is C[C@H](CO)NC(=O)C1(C)CCCCN1. The molecule has 0 aromatic heterocycles. The third-order valence-electron chi connectivity index (χ3n) is 2.77. The van der Waals surface area contributed by atoms with Crippen LogP contribution in [0.3, 0.4) is 0 Å². The lowest BCUT2D eigenvalue weighted by atomic mass is 9.90. The van der Waals surface area contributed by atoms with Gasteiger partial charge in [-0.1, -0.05) is 0 Å². The largest absolute Gasteiger partial charge is 0.394 e. The molecule has 0 saturated carbocycles. The maximum atomic E-state index is 11.8. The van der Waals surface area contributed by atoms with E-state index in [1.807, 2.05) is 6.92 Å². The number of rotatable bonds is 3. The predicted octanol–water partition coefficient (Wildman–Crippen LogP) is 0.0156. The molecule has 0 aromatic rings. The zero-order valence-electron chi connectivity index (χ0n) is 8.97. The highest BCUT2D eigenvalue weighted by atomic mass is 16.3. The van der Waals surface area contributed by atoms with E-state index >= 15 is 0 Å². The molecule has 0 bridgehead atoms. The van der Waals surface area contributed by atoms with Crippen molar-refractivity contribution in [2.24, 2.45) is 0 Å². The molecule has 1 fully saturated rings. The van der Waals surface area contributed by atoms with Crippen LogP contribution < -0.4 is 10.6 Å². The second-order valence-electron chi connectivity index (χ2n) is 4.27. The quantitative estimate of drug-likeness (QED) is 0.601. The second kappa shape index (κ2) is 4.75. The van der Waals surface area contributed by atoms with Gasteiger partial charge < -0.3 is 15.7 Å². The molecule has 0 radical (unpaired) electrons. The summed E-state index contributed by atoms with van der Waals surface area (Å²) in [4.78, 5) is 11.8. The Morgan fingerprint density at radius 2 is 2.36 bits per heavy atom. The van der Waals surface area contributed by atoms with Crippen LogP contribution in [0.4, 0.5) is 0 Å². The molecule has 1 aliphatic heterocycles. The lowest BCUT2D eigenvalue weighted by molar-refractivity contribution is -0.128. The molecule has 14 heavy (non-hydrogen) atoms. The monoisotopic (exact) mass is 200 g/mol. The minimum Gasteiger partial charge on any atom is -0.394 e. The Morgan fingerprint density at radius 3 is 2.86 bits per heavy atom. The van der Waals surface area contributed by atoms with E-state index in [0.717, 1.165) is 25.8 Å². The molecule has 0 aromatic carbocycles. The number of aliphatic hydroxyl groups is 1. The molecule has 1 aliphatic rings. The number of amides is 1. The first-order valence-corrected chi connectivity index (χ1v) is 5.25. The summed E-state index contributed by atoms with van der Waals surface area (Å²) in [5.74, 6) is -0.00116. The molecule has 1 unspecified atom stereocenters. The topological polar surface area (TPSA) is 61.4 Å². The van der Waals surface area contributed by atoms with Gasteiger partial charge in [0.05, 0.1) is 12.1 Å². The summed E-state index contributed by atoms with van der Waals surface area (Å²) >= 11 is 0. The molecule has 0 spiro atoms. The number of piperidine rings is 1. The van der Waals surface area contributed by atoms with Crippen LogP contribution in [0.2, 0.25) is 0 Å². The summed E-state index contributed by atoms with van der Waals surface area (Å²) in [5.41, 5.74) is -0.443. The summed E-state index contributed by atoms with van der Waals surface area (Å²) in [6.07, 6.45) is 3.10. The Labute approximate surface area is 85.1 Å². The minimum absolute atomic E-state index is 0.00116. The van der Waals surface area contributed by atoms with E-state index < -0.39 is 5.54 Å². The summed E-state index contributed by atoms with van der Waals surface area (Å²) in [7, 11) is 0. The van der Waals surface area contributed by atoms with Gasteiger partial charge in [0.15, 0.2) is 0 Å². The van der Waals surface area contributed by atoms with Crippen molar-refractivity contribution in [2.45, 2.75) is 44.7 Å². The Hall–Kier alpha value is -0.610. The van der Waals surface area contributed by atoms with Crippen molar-refractivity contribution in [3.8, 4) is 0 Å². The van der Waals surface area contributed by atoms with Crippen molar-refractivity contribution in [2.75, 3.05) is 13.2 Å². The van der Waals surface area contributed by atoms with E-state index in [1.54, 1.807) is 6.92 Å².